The molecule has 1 atom stereocenters. The molecular formula is C11H19N3S. The summed E-state index contributed by atoms with van der Waals surface area (Å²) in [6.45, 7) is 7.76. The van der Waals surface area contributed by atoms with E-state index in [-0.39, 0.29) is 0 Å². The molecule has 0 spiro atoms. The Hall–Kier alpha value is -0.450. The van der Waals surface area contributed by atoms with E-state index in [2.05, 4.69) is 34.8 Å². The summed E-state index contributed by atoms with van der Waals surface area (Å²) < 4.78 is 0. The van der Waals surface area contributed by atoms with E-state index in [0.29, 0.717) is 11.5 Å². The molecule has 1 fully saturated rings. The van der Waals surface area contributed by atoms with Gasteiger partial charge in [0, 0.05) is 24.5 Å². The monoisotopic (exact) mass is 225 g/mol. The highest BCUT2D eigenvalue weighted by atomic mass is 32.1. The lowest BCUT2D eigenvalue weighted by Crippen LogP contribution is -2.52. The van der Waals surface area contributed by atoms with Crippen LogP contribution in [0.4, 0.5) is 0 Å². The molecule has 3 nitrogen and oxygen atoms in total. The first kappa shape index (κ1) is 11.0. The third kappa shape index (κ3) is 2.77. The highest BCUT2D eigenvalue weighted by Gasteiger charge is 2.31. The van der Waals surface area contributed by atoms with Gasteiger partial charge in [0.15, 0.2) is 0 Å². The van der Waals surface area contributed by atoms with Crippen molar-refractivity contribution in [1.82, 2.24) is 15.6 Å². The highest BCUT2D eigenvalue weighted by Crippen LogP contribution is 2.25. The van der Waals surface area contributed by atoms with E-state index >= 15 is 0 Å². The average Bonchev–Trinajstić information content (AvgIpc) is 2.68. The van der Waals surface area contributed by atoms with Gasteiger partial charge in [0.2, 0.25) is 0 Å². The molecule has 4 heteroatoms. The third-order valence-corrected chi connectivity index (χ3v) is 3.78. The molecule has 0 bridgehead atoms. The Morgan fingerprint density at radius 2 is 2.53 bits per heavy atom. The van der Waals surface area contributed by atoms with Gasteiger partial charge in [0.05, 0.1) is 11.2 Å². The van der Waals surface area contributed by atoms with E-state index in [1.54, 1.807) is 11.3 Å². The minimum absolute atomic E-state index is 0.342. The molecule has 84 valence electrons. The van der Waals surface area contributed by atoms with E-state index in [4.69, 9.17) is 0 Å². The Kier molecular flexibility index (Phi) is 3.38. The summed E-state index contributed by atoms with van der Waals surface area (Å²) in [6.07, 6.45) is 1.21. The lowest BCUT2D eigenvalue weighted by atomic mass is 9.80. The topological polar surface area (TPSA) is 37.0 Å². The maximum absolute atomic E-state index is 4.29. The molecule has 1 aromatic heterocycles. The number of hydrogen-bond acceptors (Lipinski definition) is 4. The SMILES string of the molecule is CC1(C)CNCCC1NCc1cscn1. The molecule has 0 aliphatic carbocycles. The molecule has 15 heavy (non-hydrogen) atoms. The Morgan fingerprint density at radius 3 is 3.20 bits per heavy atom. The number of rotatable bonds is 3. The van der Waals surface area contributed by atoms with Crippen molar-refractivity contribution in [2.75, 3.05) is 13.1 Å². The summed E-state index contributed by atoms with van der Waals surface area (Å²) in [5.41, 5.74) is 3.40. The summed E-state index contributed by atoms with van der Waals surface area (Å²) in [5, 5.41) is 9.18. The maximum atomic E-state index is 4.29. The van der Waals surface area contributed by atoms with Crippen LogP contribution in [0.2, 0.25) is 0 Å². The van der Waals surface area contributed by atoms with Crippen LogP contribution in [0.15, 0.2) is 10.9 Å². The highest BCUT2D eigenvalue weighted by molar-refractivity contribution is 7.07. The van der Waals surface area contributed by atoms with Crippen molar-refractivity contribution in [2.45, 2.75) is 32.9 Å². The van der Waals surface area contributed by atoms with Crippen molar-refractivity contribution < 1.29 is 0 Å². The fourth-order valence-corrected chi connectivity index (χ4v) is 2.66. The van der Waals surface area contributed by atoms with Crippen LogP contribution in [-0.4, -0.2) is 24.1 Å². The number of nitrogens with one attached hydrogen (secondary N) is 2. The zero-order valence-corrected chi connectivity index (χ0v) is 10.2. The first-order chi connectivity index (χ1) is 7.18. The van der Waals surface area contributed by atoms with Crippen LogP contribution in [-0.2, 0) is 6.54 Å². The Balaban J connectivity index is 1.88. The quantitative estimate of drug-likeness (QED) is 0.821. The largest absolute Gasteiger partial charge is 0.316 e. The van der Waals surface area contributed by atoms with Gasteiger partial charge < -0.3 is 10.6 Å². The standard InChI is InChI=1S/C11H19N3S/c1-11(2)7-12-4-3-10(11)13-5-9-6-15-8-14-9/h6,8,10,12-13H,3-5,7H2,1-2H3. The van der Waals surface area contributed by atoms with Crippen molar-refractivity contribution in [1.29, 1.82) is 0 Å². The van der Waals surface area contributed by atoms with Gasteiger partial charge >= 0.3 is 0 Å². The Labute approximate surface area is 95.3 Å². The van der Waals surface area contributed by atoms with Crippen LogP contribution in [0.5, 0.6) is 0 Å². The lowest BCUT2D eigenvalue weighted by Gasteiger charge is -2.39. The molecule has 1 aliphatic rings. The van der Waals surface area contributed by atoms with Crippen LogP contribution in [0.3, 0.4) is 0 Å². The van der Waals surface area contributed by atoms with E-state index < -0.39 is 0 Å². The van der Waals surface area contributed by atoms with E-state index in [9.17, 15) is 0 Å². The van der Waals surface area contributed by atoms with Crippen LogP contribution < -0.4 is 10.6 Å². The Bertz CT molecular complexity index is 295. The van der Waals surface area contributed by atoms with Crippen LogP contribution in [0.1, 0.15) is 26.0 Å². The number of piperidine rings is 1. The molecule has 1 aromatic rings. The van der Waals surface area contributed by atoms with Crippen LogP contribution in [0.25, 0.3) is 0 Å². The van der Waals surface area contributed by atoms with Crippen molar-refractivity contribution in [2.24, 2.45) is 5.41 Å². The molecule has 0 amide bonds. The summed E-state index contributed by atoms with van der Waals surface area (Å²) in [5.74, 6) is 0. The summed E-state index contributed by atoms with van der Waals surface area (Å²) in [4.78, 5) is 4.29. The van der Waals surface area contributed by atoms with Crippen LogP contribution in [0, 0.1) is 5.41 Å². The van der Waals surface area contributed by atoms with Gasteiger partial charge in [-0.05, 0) is 18.4 Å². The van der Waals surface area contributed by atoms with Crippen LogP contribution >= 0.6 is 11.3 Å². The number of nitrogens with zero attached hydrogens (tertiary/aromatic N) is 1. The fraction of sp³-hybridized carbons (Fsp3) is 0.727. The first-order valence-electron chi connectivity index (χ1n) is 5.50. The second kappa shape index (κ2) is 4.60. The number of hydrogen-bond donors (Lipinski definition) is 2. The molecule has 1 saturated heterocycles. The molecule has 1 unspecified atom stereocenters. The van der Waals surface area contributed by atoms with Gasteiger partial charge in [-0.2, -0.15) is 0 Å². The second-order valence-corrected chi connectivity index (χ2v) is 5.59. The zero-order valence-electron chi connectivity index (χ0n) is 9.42. The molecule has 0 aromatic carbocycles. The lowest BCUT2D eigenvalue weighted by molar-refractivity contribution is 0.183. The number of aromatic nitrogens is 1. The predicted molar refractivity (Wildman–Crippen MR) is 64.0 cm³/mol. The Morgan fingerprint density at radius 1 is 1.67 bits per heavy atom. The second-order valence-electron chi connectivity index (χ2n) is 4.87. The molecule has 0 radical (unpaired) electrons. The minimum Gasteiger partial charge on any atom is -0.316 e. The molecule has 2 rings (SSSR count). The average molecular weight is 225 g/mol. The molecule has 0 saturated carbocycles. The summed E-state index contributed by atoms with van der Waals surface area (Å²) in [7, 11) is 0. The van der Waals surface area contributed by atoms with Crippen molar-refractivity contribution in [3.05, 3.63) is 16.6 Å². The fourth-order valence-electron chi connectivity index (χ4n) is 2.10. The van der Waals surface area contributed by atoms with Crippen molar-refractivity contribution >= 4 is 11.3 Å². The van der Waals surface area contributed by atoms with Crippen molar-refractivity contribution in [3.63, 3.8) is 0 Å². The molecule has 2 N–H and O–H groups in total. The molecular weight excluding hydrogens is 206 g/mol. The molecule has 2 heterocycles. The van der Waals surface area contributed by atoms with Gasteiger partial charge in [-0.1, -0.05) is 13.8 Å². The maximum Gasteiger partial charge on any atom is 0.0795 e. The first-order valence-corrected chi connectivity index (χ1v) is 6.44. The summed E-state index contributed by atoms with van der Waals surface area (Å²) in [6, 6.07) is 0.598. The van der Waals surface area contributed by atoms with Gasteiger partial charge in [-0.3, -0.25) is 0 Å². The smallest absolute Gasteiger partial charge is 0.0795 e. The zero-order chi connectivity index (χ0) is 10.7. The van der Waals surface area contributed by atoms with Gasteiger partial charge in [-0.15, -0.1) is 11.3 Å². The van der Waals surface area contributed by atoms with E-state index in [0.717, 1.165) is 25.3 Å². The van der Waals surface area contributed by atoms with E-state index in [1.807, 2.05) is 5.51 Å². The third-order valence-electron chi connectivity index (χ3n) is 3.15. The van der Waals surface area contributed by atoms with Gasteiger partial charge in [-0.25, -0.2) is 4.98 Å². The minimum atomic E-state index is 0.342. The van der Waals surface area contributed by atoms with Gasteiger partial charge in [0.1, 0.15) is 0 Å². The molecule has 1 aliphatic heterocycles. The van der Waals surface area contributed by atoms with Crippen molar-refractivity contribution in [3.8, 4) is 0 Å². The number of thiazole rings is 1. The van der Waals surface area contributed by atoms with Gasteiger partial charge in [0.25, 0.3) is 0 Å². The van der Waals surface area contributed by atoms with E-state index in [1.165, 1.54) is 6.42 Å². The normalized spacial score (nSPS) is 25.3. The predicted octanol–water partition coefficient (Wildman–Crippen LogP) is 1.62. The summed E-state index contributed by atoms with van der Waals surface area (Å²) >= 11 is 1.66.